The fourth-order valence-electron chi connectivity index (χ4n) is 3.11. The molecule has 2 rings (SSSR count). The zero-order valence-electron chi connectivity index (χ0n) is 19.3. The van der Waals surface area contributed by atoms with E-state index < -0.39 is 11.9 Å². The standard InChI is InChI=1S/C24H33N5O4S/c1-2-3-17-4-6-18(7-5-17)8-13-22(30)26-16-21(24(32)29-33)28-23(31)14-15-27-34-20-11-9-19(25)10-12-20/h4-7,9-12,21,27,33H,2-3,8,13-16,25H2,1H3,(H,26,30)(H,28,31)(H,29,32)/t21-/m0/s1. The van der Waals surface area contributed by atoms with Gasteiger partial charge in [0.15, 0.2) is 0 Å². The smallest absolute Gasteiger partial charge is 0.267 e. The van der Waals surface area contributed by atoms with Crippen molar-refractivity contribution in [1.29, 1.82) is 0 Å². The normalized spacial score (nSPS) is 11.5. The molecule has 0 aliphatic rings. The molecule has 3 amide bonds. The average molecular weight is 488 g/mol. The van der Waals surface area contributed by atoms with Gasteiger partial charge in [-0.25, -0.2) is 5.48 Å². The van der Waals surface area contributed by atoms with Crippen molar-refractivity contribution in [1.82, 2.24) is 20.8 Å². The summed E-state index contributed by atoms with van der Waals surface area (Å²) in [5, 5.41) is 14.1. The monoisotopic (exact) mass is 487 g/mol. The van der Waals surface area contributed by atoms with Crippen LogP contribution in [0, 0.1) is 0 Å². The molecule has 2 aromatic rings. The van der Waals surface area contributed by atoms with Crippen molar-refractivity contribution >= 4 is 35.4 Å². The van der Waals surface area contributed by atoms with Gasteiger partial charge in [-0.1, -0.05) is 37.6 Å². The number of hydrogen-bond acceptors (Lipinski definition) is 7. The lowest BCUT2D eigenvalue weighted by Crippen LogP contribution is -2.52. The summed E-state index contributed by atoms with van der Waals surface area (Å²) in [6, 6.07) is 14.4. The molecule has 1 atom stereocenters. The minimum absolute atomic E-state index is 0.110. The van der Waals surface area contributed by atoms with Gasteiger partial charge in [-0.3, -0.25) is 24.3 Å². The Bertz CT molecular complexity index is 922. The number of hydrogen-bond donors (Lipinski definition) is 6. The predicted octanol–water partition coefficient (Wildman–Crippen LogP) is 1.95. The molecular formula is C24H33N5O4S. The maximum atomic E-state index is 12.2. The number of carbonyl (C=O) groups is 3. The zero-order chi connectivity index (χ0) is 24.8. The highest BCUT2D eigenvalue weighted by atomic mass is 32.2. The molecule has 184 valence electrons. The number of anilines is 1. The fraction of sp³-hybridized carbons (Fsp3) is 0.375. The second-order valence-corrected chi connectivity index (χ2v) is 8.75. The molecule has 0 radical (unpaired) electrons. The second-order valence-electron chi connectivity index (χ2n) is 7.78. The van der Waals surface area contributed by atoms with Crippen LogP contribution in [0.1, 0.15) is 37.3 Å². The molecule has 0 aromatic heterocycles. The van der Waals surface area contributed by atoms with Gasteiger partial charge in [0.2, 0.25) is 11.8 Å². The number of rotatable bonds is 14. The molecule has 7 N–H and O–H groups in total. The number of amides is 3. The summed E-state index contributed by atoms with van der Waals surface area (Å²) < 4.78 is 3.06. The Morgan fingerprint density at radius 2 is 1.59 bits per heavy atom. The van der Waals surface area contributed by atoms with E-state index in [1.54, 1.807) is 12.1 Å². The lowest BCUT2D eigenvalue weighted by Gasteiger charge is -2.17. The predicted molar refractivity (Wildman–Crippen MR) is 133 cm³/mol. The van der Waals surface area contributed by atoms with Crippen LogP contribution in [0.3, 0.4) is 0 Å². The highest BCUT2D eigenvalue weighted by molar-refractivity contribution is 7.97. The average Bonchev–Trinajstić information content (AvgIpc) is 2.84. The van der Waals surface area contributed by atoms with Crippen LogP contribution in [0.5, 0.6) is 0 Å². The van der Waals surface area contributed by atoms with Crippen molar-refractivity contribution in [2.24, 2.45) is 0 Å². The molecule has 0 saturated heterocycles. The van der Waals surface area contributed by atoms with E-state index in [-0.39, 0.29) is 31.2 Å². The van der Waals surface area contributed by atoms with Gasteiger partial charge in [0.25, 0.3) is 5.91 Å². The number of aryl methyl sites for hydroxylation is 2. The molecule has 0 fully saturated rings. The maximum absolute atomic E-state index is 12.2. The Labute approximate surface area is 204 Å². The minimum atomic E-state index is -1.08. The first-order chi connectivity index (χ1) is 16.4. The highest BCUT2D eigenvalue weighted by Gasteiger charge is 2.21. The third kappa shape index (κ3) is 10.2. The van der Waals surface area contributed by atoms with Gasteiger partial charge >= 0.3 is 0 Å². The summed E-state index contributed by atoms with van der Waals surface area (Å²) >= 11 is 1.36. The Balaban J connectivity index is 1.71. The van der Waals surface area contributed by atoms with E-state index in [0.717, 1.165) is 23.3 Å². The lowest BCUT2D eigenvalue weighted by atomic mass is 10.0. The first kappa shape index (κ1) is 27.2. The summed E-state index contributed by atoms with van der Waals surface area (Å²) in [7, 11) is 0. The highest BCUT2D eigenvalue weighted by Crippen LogP contribution is 2.15. The summed E-state index contributed by atoms with van der Waals surface area (Å²) in [5.41, 5.74) is 10.2. The van der Waals surface area contributed by atoms with Crippen LogP contribution < -0.4 is 26.6 Å². The van der Waals surface area contributed by atoms with Gasteiger partial charge in [0.05, 0.1) is 0 Å². The van der Waals surface area contributed by atoms with Gasteiger partial charge < -0.3 is 16.4 Å². The number of nitrogens with two attached hydrogens (primary N) is 1. The van der Waals surface area contributed by atoms with Crippen molar-refractivity contribution in [2.45, 2.75) is 50.0 Å². The van der Waals surface area contributed by atoms with Crippen LogP contribution >= 0.6 is 11.9 Å². The molecule has 0 aliphatic carbocycles. The summed E-state index contributed by atoms with van der Waals surface area (Å²) in [6.07, 6.45) is 3.04. The maximum Gasteiger partial charge on any atom is 0.267 e. The Morgan fingerprint density at radius 3 is 2.21 bits per heavy atom. The summed E-state index contributed by atoms with van der Waals surface area (Å²) in [6.45, 7) is 2.36. The van der Waals surface area contributed by atoms with E-state index in [9.17, 15) is 14.4 Å². The molecule has 10 heteroatoms. The van der Waals surface area contributed by atoms with E-state index >= 15 is 0 Å². The van der Waals surface area contributed by atoms with Crippen LogP contribution in [-0.2, 0) is 27.2 Å². The quantitative estimate of drug-likeness (QED) is 0.0785. The Kier molecular flexibility index (Phi) is 11.9. The largest absolute Gasteiger partial charge is 0.399 e. The first-order valence-electron chi connectivity index (χ1n) is 11.2. The minimum Gasteiger partial charge on any atom is -0.399 e. The molecule has 0 saturated carbocycles. The topological polar surface area (TPSA) is 146 Å². The number of nitrogen functional groups attached to an aromatic ring is 1. The molecule has 34 heavy (non-hydrogen) atoms. The van der Waals surface area contributed by atoms with E-state index in [1.807, 2.05) is 24.3 Å². The van der Waals surface area contributed by atoms with Gasteiger partial charge in [0.1, 0.15) is 6.04 Å². The van der Waals surface area contributed by atoms with Gasteiger partial charge in [-0.2, -0.15) is 0 Å². The number of nitrogens with one attached hydrogen (secondary N) is 4. The van der Waals surface area contributed by atoms with Crippen molar-refractivity contribution < 1.29 is 19.6 Å². The van der Waals surface area contributed by atoms with Crippen LogP contribution in [0.4, 0.5) is 5.69 Å². The van der Waals surface area contributed by atoms with Gasteiger partial charge in [0, 0.05) is 36.5 Å². The van der Waals surface area contributed by atoms with Crippen LogP contribution in [0.2, 0.25) is 0 Å². The molecule has 0 spiro atoms. The van der Waals surface area contributed by atoms with E-state index in [0.29, 0.717) is 18.7 Å². The molecular weight excluding hydrogens is 454 g/mol. The molecule has 9 nitrogen and oxygen atoms in total. The van der Waals surface area contributed by atoms with Crippen molar-refractivity contribution in [2.75, 3.05) is 18.8 Å². The molecule has 0 bridgehead atoms. The fourth-order valence-corrected chi connectivity index (χ4v) is 3.75. The third-order valence-electron chi connectivity index (χ3n) is 4.99. The van der Waals surface area contributed by atoms with Crippen molar-refractivity contribution in [3.63, 3.8) is 0 Å². The SMILES string of the molecule is CCCc1ccc(CCC(=O)NC[C@H](NC(=O)CCNSc2ccc(N)cc2)C(=O)NO)cc1. The van der Waals surface area contributed by atoms with Crippen LogP contribution in [0.25, 0.3) is 0 Å². The summed E-state index contributed by atoms with van der Waals surface area (Å²) in [4.78, 5) is 37.3. The molecule has 2 aromatic carbocycles. The van der Waals surface area contributed by atoms with Crippen LogP contribution in [0.15, 0.2) is 53.4 Å². The Morgan fingerprint density at radius 1 is 0.941 bits per heavy atom. The second kappa shape index (κ2) is 14.9. The van der Waals surface area contributed by atoms with Crippen LogP contribution in [-0.4, -0.2) is 42.1 Å². The zero-order valence-corrected chi connectivity index (χ0v) is 20.1. The first-order valence-corrected chi connectivity index (χ1v) is 12.1. The van der Waals surface area contributed by atoms with E-state index in [2.05, 4.69) is 34.4 Å². The third-order valence-corrected chi connectivity index (χ3v) is 5.85. The van der Waals surface area contributed by atoms with Gasteiger partial charge in [-0.15, -0.1) is 0 Å². The van der Waals surface area contributed by atoms with E-state index in [1.165, 1.54) is 23.0 Å². The molecule has 0 heterocycles. The lowest BCUT2D eigenvalue weighted by molar-refractivity contribution is -0.134. The molecule has 0 unspecified atom stereocenters. The number of carbonyl (C=O) groups excluding carboxylic acids is 3. The summed E-state index contributed by atoms with van der Waals surface area (Å²) in [5.74, 6) is -1.44. The van der Waals surface area contributed by atoms with Crippen molar-refractivity contribution in [3.05, 3.63) is 59.7 Å². The number of hydroxylamine groups is 1. The van der Waals surface area contributed by atoms with E-state index in [4.69, 9.17) is 10.9 Å². The molecule has 0 aliphatic heterocycles. The van der Waals surface area contributed by atoms with Crippen molar-refractivity contribution in [3.8, 4) is 0 Å². The Hall–Kier alpha value is -3.08. The van der Waals surface area contributed by atoms with Gasteiger partial charge in [-0.05, 0) is 60.2 Å². The number of benzene rings is 2.